The standard InChI is InChI=1S/C12H7Cl3FNO/c13-8-2-1-7(5-11(8)16)18-12-9(14)3-6(17)4-10(12)15/h1-5H,17H2. The van der Waals surface area contributed by atoms with Gasteiger partial charge in [0.2, 0.25) is 0 Å². The number of hydrogen-bond acceptors (Lipinski definition) is 2. The lowest BCUT2D eigenvalue weighted by Gasteiger charge is -2.10. The Labute approximate surface area is 118 Å². The number of hydrogen-bond donors (Lipinski definition) is 1. The lowest BCUT2D eigenvalue weighted by molar-refractivity contribution is 0.477. The summed E-state index contributed by atoms with van der Waals surface area (Å²) >= 11 is 17.5. The lowest BCUT2D eigenvalue weighted by atomic mass is 10.3. The first-order valence-electron chi connectivity index (χ1n) is 4.85. The van der Waals surface area contributed by atoms with Crippen molar-refractivity contribution in [2.75, 3.05) is 5.73 Å². The summed E-state index contributed by atoms with van der Waals surface area (Å²) in [4.78, 5) is 0. The Kier molecular flexibility index (Phi) is 3.85. The maximum atomic E-state index is 13.2. The third kappa shape index (κ3) is 2.80. The highest BCUT2D eigenvalue weighted by atomic mass is 35.5. The molecule has 0 atom stereocenters. The largest absolute Gasteiger partial charge is 0.454 e. The van der Waals surface area contributed by atoms with Gasteiger partial charge in [0.15, 0.2) is 5.75 Å². The molecule has 0 amide bonds. The average molecular weight is 307 g/mol. The zero-order valence-electron chi connectivity index (χ0n) is 8.88. The van der Waals surface area contributed by atoms with Gasteiger partial charge in [-0.15, -0.1) is 0 Å². The Morgan fingerprint density at radius 2 is 1.56 bits per heavy atom. The highest BCUT2D eigenvalue weighted by Crippen LogP contribution is 2.38. The van der Waals surface area contributed by atoms with Crippen LogP contribution in [0.4, 0.5) is 10.1 Å². The van der Waals surface area contributed by atoms with Gasteiger partial charge in [-0.25, -0.2) is 4.39 Å². The van der Waals surface area contributed by atoms with Crippen molar-refractivity contribution in [3.63, 3.8) is 0 Å². The highest BCUT2D eigenvalue weighted by Gasteiger charge is 2.11. The van der Waals surface area contributed by atoms with E-state index in [1.165, 1.54) is 24.3 Å². The predicted octanol–water partition coefficient (Wildman–Crippen LogP) is 5.16. The normalized spacial score (nSPS) is 10.4. The number of nitrogen functional groups attached to an aromatic ring is 1. The van der Waals surface area contributed by atoms with Crippen LogP contribution in [0.2, 0.25) is 15.1 Å². The van der Waals surface area contributed by atoms with Crippen molar-refractivity contribution < 1.29 is 9.13 Å². The number of nitrogens with two attached hydrogens (primary N) is 1. The SMILES string of the molecule is Nc1cc(Cl)c(Oc2ccc(Cl)c(F)c2)c(Cl)c1. The van der Waals surface area contributed by atoms with Crippen LogP contribution in [0, 0.1) is 5.82 Å². The number of halogens is 4. The van der Waals surface area contributed by atoms with E-state index in [-0.39, 0.29) is 26.6 Å². The summed E-state index contributed by atoms with van der Waals surface area (Å²) in [7, 11) is 0. The molecule has 2 nitrogen and oxygen atoms in total. The summed E-state index contributed by atoms with van der Waals surface area (Å²) in [5.74, 6) is -0.128. The Morgan fingerprint density at radius 1 is 0.944 bits per heavy atom. The van der Waals surface area contributed by atoms with Crippen LogP contribution in [-0.2, 0) is 0 Å². The first-order valence-corrected chi connectivity index (χ1v) is 5.98. The topological polar surface area (TPSA) is 35.2 Å². The zero-order valence-corrected chi connectivity index (χ0v) is 11.2. The molecule has 2 aromatic rings. The summed E-state index contributed by atoms with van der Waals surface area (Å²) in [6.07, 6.45) is 0. The molecule has 0 aromatic heterocycles. The molecule has 0 saturated heterocycles. The van der Waals surface area contributed by atoms with E-state index in [0.717, 1.165) is 6.07 Å². The average Bonchev–Trinajstić information content (AvgIpc) is 2.28. The van der Waals surface area contributed by atoms with Gasteiger partial charge in [0.05, 0.1) is 15.1 Å². The van der Waals surface area contributed by atoms with E-state index in [9.17, 15) is 4.39 Å². The Balaban J connectivity index is 2.37. The molecule has 0 radical (unpaired) electrons. The fourth-order valence-electron chi connectivity index (χ4n) is 1.34. The van der Waals surface area contributed by atoms with E-state index in [2.05, 4.69) is 0 Å². The highest BCUT2D eigenvalue weighted by molar-refractivity contribution is 6.37. The number of anilines is 1. The summed E-state index contributed by atoms with van der Waals surface area (Å²) in [6, 6.07) is 7.02. The van der Waals surface area contributed by atoms with Crippen LogP contribution in [-0.4, -0.2) is 0 Å². The zero-order chi connectivity index (χ0) is 13.3. The van der Waals surface area contributed by atoms with Gasteiger partial charge in [0.1, 0.15) is 11.6 Å². The molecule has 0 bridgehead atoms. The minimum atomic E-state index is -0.586. The third-order valence-electron chi connectivity index (χ3n) is 2.13. The summed E-state index contributed by atoms with van der Waals surface area (Å²) < 4.78 is 18.7. The van der Waals surface area contributed by atoms with E-state index in [1.54, 1.807) is 0 Å². The van der Waals surface area contributed by atoms with Crippen LogP contribution >= 0.6 is 34.8 Å². The number of ether oxygens (including phenoxy) is 1. The molecule has 0 aliphatic rings. The Morgan fingerprint density at radius 3 is 2.11 bits per heavy atom. The predicted molar refractivity (Wildman–Crippen MR) is 72.4 cm³/mol. The maximum Gasteiger partial charge on any atom is 0.164 e. The fraction of sp³-hybridized carbons (Fsp3) is 0. The van der Waals surface area contributed by atoms with Gasteiger partial charge in [0.25, 0.3) is 0 Å². The number of benzene rings is 2. The van der Waals surface area contributed by atoms with E-state index in [1.807, 2.05) is 0 Å². The lowest BCUT2D eigenvalue weighted by Crippen LogP contribution is -1.91. The second-order valence-electron chi connectivity index (χ2n) is 3.49. The third-order valence-corrected chi connectivity index (χ3v) is 3.00. The van der Waals surface area contributed by atoms with Gasteiger partial charge in [-0.1, -0.05) is 34.8 Å². The maximum absolute atomic E-state index is 13.2. The molecule has 18 heavy (non-hydrogen) atoms. The van der Waals surface area contributed by atoms with Crippen LogP contribution in [0.1, 0.15) is 0 Å². The molecular weight excluding hydrogens is 299 g/mol. The van der Waals surface area contributed by atoms with E-state index >= 15 is 0 Å². The molecule has 0 heterocycles. The molecule has 6 heteroatoms. The van der Waals surface area contributed by atoms with E-state index in [0.29, 0.717) is 5.69 Å². The first kappa shape index (κ1) is 13.3. The summed E-state index contributed by atoms with van der Waals surface area (Å²) in [5.41, 5.74) is 5.98. The molecule has 0 unspecified atom stereocenters. The van der Waals surface area contributed by atoms with Crippen molar-refractivity contribution in [1.82, 2.24) is 0 Å². The van der Waals surface area contributed by atoms with Gasteiger partial charge in [-0.05, 0) is 24.3 Å². The molecule has 0 spiro atoms. The second-order valence-corrected chi connectivity index (χ2v) is 4.71. The first-order chi connectivity index (χ1) is 8.47. The molecule has 2 aromatic carbocycles. The smallest absolute Gasteiger partial charge is 0.164 e. The molecule has 0 fully saturated rings. The van der Waals surface area contributed by atoms with Crippen LogP contribution in [0.3, 0.4) is 0 Å². The molecular formula is C12H7Cl3FNO. The van der Waals surface area contributed by atoms with Crippen molar-refractivity contribution in [1.29, 1.82) is 0 Å². The van der Waals surface area contributed by atoms with Gasteiger partial charge in [-0.3, -0.25) is 0 Å². The molecule has 0 aliphatic carbocycles. The van der Waals surface area contributed by atoms with Crippen LogP contribution < -0.4 is 10.5 Å². The van der Waals surface area contributed by atoms with Gasteiger partial charge in [0, 0.05) is 11.8 Å². The molecule has 2 N–H and O–H groups in total. The van der Waals surface area contributed by atoms with Crippen molar-refractivity contribution in [2.45, 2.75) is 0 Å². The Bertz CT molecular complexity index is 581. The van der Waals surface area contributed by atoms with Crippen molar-refractivity contribution in [3.05, 3.63) is 51.2 Å². The minimum absolute atomic E-state index is 0.0110. The van der Waals surface area contributed by atoms with E-state index in [4.69, 9.17) is 45.3 Å². The van der Waals surface area contributed by atoms with Crippen LogP contribution in [0.15, 0.2) is 30.3 Å². The molecule has 94 valence electrons. The monoisotopic (exact) mass is 305 g/mol. The summed E-state index contributed by atoms with van der Waals surface area (Å²) in [5, 5.41) is 0.502. The van der Waals surface area contributed by atoms with E-state index < -0.39 is 5.82 Å². The quantitative estimate of drug-likeness (QED) is 0.778. The molecule has 0 aliphatic heterocycles. The second kappa shape index (κ2) is 5.22. The Hall–Kier alpha value is -1.16. The van der Waals surface area contributed by atoms with Crippen LogP contribution in [0.25, 0.3) is 0 Å². The van der Waals surface area contributed by atoms with Gasteiger partial charge in [-0.2, -0.15) is 0 Å². The number of rotatable bonds is 2. The van der Waals surface area contributed by atoms with Gasteiger partial charge >= 0.3 is 0 Å². The summed E-state index contributed by atoms with van der Waals surface area (Å²) in [6.45, 7) is 0. The fourth-order valence-corrected chi connectivity index (χ4v) is 2.03. The van der Waals surface area contributed by atoms with Crippen LogP contribution in [0.5, 0.6) is 11.5 Å². The molecule has 0 saturated carbocycles. The van der Waals surface area contributed by atoms with Crippen molar-refractivity contribution in [2.24, 2.45) is 0 Å². The van der Waals surface area contributed by atoms with Crippen molar-refractivity contribution in [3.8, 4) is 11.5 Å². The minimum Gasteiger partial charge on any atom is -0.454 e. The van der Waals surface area contributed by atoms with Crippen molar-refractivity contribution >= 4 is 40.5 Å². The molecule has 2 rings (SSSR count). The van der Waals surface area contributed by atoms with Gasteiger partial charge < -0.3 is 10.5 Å².